The molecule has 6 nitrogen and oxygen atoms in total. The lowest BCUT2D eigenvalue weighted by atomic mass is 9.97. The van der Waals surface area contributed by atoms with Crippen LogP contribution in [0.4, 0.5) is 13.2 Å². The summed E-state index contributed by atoms with van der Waals surface area (Å²) in [5.74, 6) is -2.70. The van der Waals surface area contributed by atoms with Gasteiger partial charge in [0, 0.05) is 11.3 Å². The molecule has 0 aliphatic heterocycles. The Labute approximate surface area is 154 Å². The third-order valence-corrected chi connectivity index (χ3v) is 4.26. The lowest BCUT2D eigenvalue weighted by Gasteiger charge is -2.19. The summed E-state index contributed by atoms with van der Waals surface area (Å²) < 4.78 is 38.8. The average Bonchev–Trinajstić information content (AvgIpc) is 2.84. The van der Waals surface area contributed by atoms with Crippen LogP contribution in [0.3, 0.4) is 0 Å². The van der Waals surface area contributed by atoms with Crippen molar-refractivity contribution < 1.29 is 27.9 Å². The maximum absolute atomic E-state index is 12.7. The monoisotopic (exact) mass is 383 g/mol. The number of alkyl halides is 3. The summed E-state index contributed by atoms with van der Waals surface area (Å²) >= 11 is 0. The van der Waals surface area contributed by atoms with E-state index in [1.165, 1.54) is 20.8 Å². The topological polar surface area (TPSA) is 84.2 Å². The van der Waals surface area contributed by atoms with E-state index in [0.717, 1.165) is 4.68 Å². The highest BCUT2D eigenvalue weighted by Crippen LogP contribution is 2.27. The fourth-order valence-electron chi connectivity index (χ4n) is 2.99. The van der Waals surface area contributed by atoms with Gasteiger partial charge >= 0.3 is 12.1 Å². The molecule has 1 aromatic carbocycles. The molecule has 2 N–H and O–H groups in total. The summed E-state index contributed by atoms with van der Waals surface area (Å²) in [5.41, 5.74) is 1.27. The number of nitrogens with one attached hydrogen (secondary N) is 1. The highest BCUT2D eigenvalue weighted by Gasteiger charge is 2.32. The van der Waals surface area contributed by atoms with Crippen LogP contribution in [-0.2, 0) is 16.1 Å². The lowest BCUT2D eigenvalue weighted by molar-refractivity contribution is -0.143. The maximum Gasteiger partial charge on any atom is 0.408 e. The molecule has 9 heteroatoms. The van der Waals surface area contributed by atoms with Crippen molar-refractivity contribution in [3.05, 3.63) is 52.8 Å². The smallest absolute Gasteiger partial charge is 0.408 e. The number of aliphatic carboxylic acids is 1. The van der Waals surface area contributed by atoms with Gasteiger partial charge in [-0.15, -0.1) is 0 Å². The van der Waals surface area contributed by atoms with E-state index >= 15 is 0 Å². The quantitative estimate of drug-likeness (QED) is 0.803. The van der Waals surface area contributed by atoms with Gasteiger partial charge in [-0.05, 0) is 26.3 Å². The molecular weight excluding hydrogens is 363 g/mol. The third-order valence-electron chi connectivity index (χ3n) is 4.26. The number of carboxylic acid groups (broad SMARTS) is 1. The molecule has 146 valence electrons. The number of halogens is 3. The van der Waals surface area contributed by atoms with Gasteiger partial charge < -0.3 is 10.4 Å². The molecule has 0 bridgehead atoms. The second-order valence-corrected chi connectivity index (χ2v) is 6.27. The Morgan fingerprint density at radius 2 is 1.81 bits per heavy atom. The fourth-order valence-corrected chi connectivity index (χ4v) is 2.99. The SMILES string of the molecule is Cc1nn(CC(F)(F)F)c(C)c1C(C)C(=O)N[C@H](C(=O)O)c1ccccc1. The Bertz CT molecular complexity index is 832. The largest absolute Gasteiger partial charge is 0.479 e. The van der Waals surface area contributed by atoms with Crippen LogP contribution >= 0.6 is 0 Å². The molecule has 2 aromatic rings. The van der Waals surface area contributed by atoms with Crippen LogP contribution in [0.1, 0.15) is 41.4 Å². The van der Waals surface area contributed by atoms with E-state index < -0.39 is 36.6 Å². The molecule has 0 saturated heterocycles. The molecule has 0 radical (unpaired) electrons. The first-order valence-electron chi connectivity index (χ1n) is 8.20. The van der Waals surface area contributed by atoms with E-state index in [2.05, 4.69) is 10.4 Å². The number of hydrogen-bond acceptors (Lipinski definition) is 3. The van der Waals surface area contributed by atoms with Gasteiger partial charge in [0.1, 0.15) is 6.54 Å². The number of rotatable bonds is 6. The molecule has 1 unspecified atom stereocenters. The van der Waals surface area contributed by atoms with E-state index in [1.54, 1.807) is 30.3 Å². The highest BCUT2D eigenvalue weighted by molar-refractivity contribution is 5.88. The summed E-state index contributed by atoms with van der Waals surface area (Å²) in [6, 6.07) is 6.90. The number of carbonyl (C=O) groups is 2. The number of amides is 1. The molecule has 1 aromatic heterocycles. The second-order valence-electron chi connectivity index (χ2n) is 6.27. The summed E-state index contributed by atoms with van der Waals surface area (Å²) in [6.45, 7) is 3.23. The fraction of sp³-hybridized carbons (Fsp3) is 0.389. The van der Waals surface area contributed by atoms with Crippen molar-refractivity contribution in [3.8, 4) is 0 Å². The van der Waals surface area contributed by atoms with E-state index in [-0.39, 0.29) is 5.69 Å². The standard InChI is InChI=1S/C18H20F3N3O3/c1-10(14-11(2)23-24(12(14)3)9-18(19,20)21)16(25)22-15(17(26)27)13-7-5-4-6-8-13/h4-8,10,15H,9H2,1-3H3,(H,22,25)(H,26,27)/t10?,15-/m0/s1. The summed E-state index contributed by atoms with van der Waals surface area (Å²) in [7, 11) is 0. The number of carboxylic acids is 1. The van der Waals surface area contributed by atoms with Crippen molar-refractivity contribution in [2.75, 3.05) is 0 Å². The van der Waals surface area contributed by atoms with Crippen LogP contribution in [0, 0.1) is 13.8 Å². The number of carbonyl (C=O) groups excluding carboxylic acids is 1. The summed E-state index contributed by atoms with van der Waals surface area (Å²) in [5, 5.41) is 15.7. The molecule has 0 spiro atoms. The van der Waals surface area contributed by atoms with Crippen molar-refractivity contribution in [2.24, 2.45) is 0 Å². The molecule has 0 fully saturated rings. The van der Waals surface area contributed by atoms with Gasteiger partial charge in [0.15, 0.2) is 6.04 Å². The van der Waals surface area contributed by atoms with Crippen molar-refractivity contribution in [2.45, 2.75) is 45.5 Å². The maximum atomic E-state index is 12.7. The molecule has 27 heavy (non-hydrogen) atoms. The van der Waals surface area contributed by atoms with Crippen LogP contribution in [0.2, 0.25) is 0 Å². The lowest BCUT2D eigenvalue weighted by Crippen LogP contribution is -2.36. The first-order valence-corrected chi connectivity index (χ1v) is 8.20. The zero-order valence-corrected chi connectivity index (χ0v) is 15.0. The van der Waals surface area contributed by atoms with Crippen LogP contribution in [0.5, 0.6) is 0 Å². The number of hydrogen-bond donors (Lipinski definition) is 2. The van der Waals surface area contributed by atoms with Gasteiger partial charge in [-0.25, -0.2) is 4.79 Å². The molecule has 0 saturated carbocycles. The summed E-state index contributed by atoms with van der Waals surface area (Å²) in [4.78, 5) is 24.1. The molecule has 0 aliphatic rings. The Kier molecular flexibility index (Phi) is 5.92. The van der Waals surface area contributed by atoms with Gasteiger partial charge in [0.25, 0.3) is 0 Å². The number of benzene rings is 1. The van der Waals surface area contributed by atoms with Crippen LogP contribution in [-0.4, -0.2) is 32.9 Å². The molecule has 1 amide bonds. The van der Waals surface area contributed by atoms with Crippen molar-refractivity contribution in [1.29, 1.82) is 0 Å². The Hall–Kier alpha value is -2.84. The number of nitrogens with zero attached hydrogens (tertiary/aromatic N) is 2. The Balaban J connectivity index is 2.25. The van der Waals surface area contributed by atoms with Gasteiger partial charge in [0.2, 0.25) is 5.91 Å². The minimum absolute atomic E-state index is 0.221. The number of aromatic nitrogens is 2. The average molecular weight is 383 g/mol. The summed E-state index contributed by atoms with van der Waals surface area (Å²) in [6.07, 6.45) is -4.44. The first-order chi connectivity index (χ1) is 12.5. The zero-order chi connectivity index (χ0) is 20.4. The second kappa shape index (κ2) is 7.81. The van der Waals surface area contributed by atoms with Crippen molar-refractivity contribution in [3.63, 3.8) is 0 Å². The van der Waals surface area contributed by atoms with Crippen LogP contribution < -0.4 is 5.32 Å². The minimum Gasteiger partial charge on any atom is -0.479 e. The third kappa shape index (κ3) is 4.87. The molecule has 2 atom stereocenters. The zero-order valence-electron chi connectivity index (χ0n) is 15.0. The number of aryl methyl sites for hydroxylation is 1. The van der Waals surface area contributed by atoms with E-state index in [0.29, 0.717) is 16.8 Å². The van der Waals surface area contributed by atoms with Crippen molar-refractivity contribution >= 4 is 11.9 Å². The van der Waals surface area contributed by atoms with E-state index in [9.17, 15) is 27.9 Å². The molecule has 2 rings (SSSR count). The molecule has 1 heterocycles. The van der Waals surface area contributed by atoms with Gasteiger partial charge in [-0.1, -0.05) is 30.3 Å². The van der Waals surface area contributed by atoms with Gasteiger partial charge in [0.05, 0.1) is 11.6 Å². The highest BCUT2D eigenvalue weighted by atomic mass is 19.4. The van der Waals surface area contributed by atoms with Gasteiger partial charge in [-0.2, -0.15) is 18.3 Å². The Morgan fingerprint density at radius 1 is 1.22 bits per heavy atom. The molecular formula is C18H20F3N3O3. The minimum atomic E-state index is -4.44. The predicted molar refractivity (Wildman–Crippen MR) is 91.1 cm³/mol. The Morgan fingerprint density at radius 3 is 2.33 bits per heavy atom. The molecule has 0 aliphatic carbocycles. The van der Waals surface area contributed by atoms with Crippen LogP contribution in [0.25, 0.3) is 0 Å². The predicted octanol–water partition coefficient (Wildman–Crippen LogP) is 3.11. The van der Waals surface area contributed by atoms with Crippen molar-refractivity contribution in [1.82, 2.24) is 15.1 Å². The van der Waals surface area contributed by atoms with E-state index in [1.807, 2.05) is 0 Å². The van der Waals surface area contributed by atoms with E-state index in [4.69, 9.17) is 0 Å². The normalized spacial score (nSPS) is 13.9. The van der Waals surface area contributed by atoms with Crippen LogP contribution in [0.15, 0.2) is 30.3 Å². The van der Waals surface area contributed by atoms with Gasteiger partial charge in [-0.3, -0.25) is 9.48 Å². The first kappa shape index (κ1) is 20.5.